The molecule has 0 saturated heterocycles. The molecule has 184 valence electrons. The van der Waals surface area contributed by atoms with Gasteiger partial charge in [-0.15, -0.1) is 0 Å². The second kappa shape index (κ2) is 10.5. The third-order valence-corrected chi connectivity index (χ3v) is 5.95. The zero-order valence-electron chi connectivity index (χ0n) is 20.0. The van der Waals surface area contributed by atoms with Gasteiger partial charge in [0, 0.05) is 53.0 Å². The maximum Gasteiger partial charge on any atom is 0.241 e. The van der Waals surface area contributed by atoms with Gasteiger partial charge < -0.3 is 26.0 Å². The minimum Gasteiger partial charge on any atom is -0.357 e. The van der Waals surface area contributed by atoms with Crippen molar-refractivity contribution in [1.82, 2.24) is 30.4 Å². The van der Waals surface area contributed by atoms with Crippen LogP contribution in [0.2, 0.25) is 0 Å². The highest BCUT2D eigenvalue weighted by Crippen LogP contribution is 2.35. The summed E-state index contributed by atoms with van der Waals surface area (Å²) in [7, 11) is 0. The van der Waals surface area contributed by atoms with Crippen LogP contribution in [-0.4, -0.2) is 43.7 Å². The van der Waals surface area contributed by atoms with Crippen molar-refractivity contribution in [2.24, 2.45) is 0 Å². The van der Waals surface area contributed by atoms with Crippen molar-refractivity contribution in [3.05, 3.63) is 78.9 Å². The van der Waals surface area contributed by atoms with E-state index in [4.69, 9.17) is 5.10 Å². The second-order valence-corrected chi connectivity index (χ2v) is 8.55. The lowest BCUT2D eigenvalue weighted by molar-refractivity contribution is -0.121. The summed E-state index contributed by atoms with van der Waals surface area (Å²) in [5.41, 5.74) is 5.99. The summed E-state index contributed by atoms with van der Waals surface area (Å²) in [6.45, 7) is 2.59. The van der Waals surface area contributed by atoms with E-state index in [0.29, 0.717) is 6.54 Å². The van der Waals surface area contributed by atoms with Crippen LogP contribution in [0.1, 0.15) is 19.8 Å². The molecule has 0 bridgehead atoms. The molecule has 4 aromatic rings. The number of anilines is 1. The molecule has 0 spiro atoms. The Morgan fingerprint density at radius 1 is 1.14 bits per heavy atom. The predicted molar refractivity (Wildman–Crippen MR) is 141 cm³/mol. The maximum atomic E-state index is 12.2. The highest BCUT2D eigenvalue weighted by atomic mass is 16.3. The van der Waals surface area contributed by atoms with Gasteiger partial charge in [0.25, 0.3) is 0 Å². The summed E-state index contributed by atoms with van der Waals surface area (Å²) < 4.78 is 1.67. The molecule has 9 nitrogen and oxygen atoms in total. The first-order chi connectivity index (χ1) is 17.6. The minimum absolute atomic E-state index is 0.0939. The van der Waals surface area contributed by atoms with Crippen LogP contribution >= 0.6 is 0 Å². The fourth-order valence-electron chi connectivity index (χ4n) is 4.31. The van der Waals surface area contributed by atoms with Crippen molar-refractivity contribution in [1.29, 1.82) is 0 Å². The van der Waals surface area contributed by atoms with Gasteiger partial charge in [-0.25, -0.2) is 4.98 Å². The van der Waals surface area contributed by atoms with Gasteiger partial charge in [0.15, 0.2) is 0 Å². The smallest absolute Gasteiger partial charge is 0.241 e. The topological polar surface area (TPSA) is 120 Å². The standard InChI is InChI=1S/C27H29N7O2/c1-2-28-24(35)17-34-16-23(21-12-14-29-26-22(21)13-15-30-26)25(33-34)18-8-10-20(11-9-18)32-27(36)31-19-6-4-3-5-7-19/h4,6-16,27,31-32,36H,2-3,5,17H2,1H3,(H,28,35)(H,29,30). The number of aromatic nitrogens is 4. The Labute approximate surface area is 208 Å². The number of carbonyl (C=O) groups is 1. The summed E-state index contributed by atoms with van der Waals surface area (Å²) >= 11 is 0. The van der Waals surface area contributed by atoms with E-state index < -0.39 is 6.35 Å². The Kier molecular flexibility index (Phi) is 6.81. The number of hydrogen-bond acceptors (Lipinski definition) is 6. The summed E-state index contributed by atoms with van der Waals surface area (Å²) in [6.07, 6.45) is 12.7. The van der Waals surface area contributed by atoms with Crippen molar-refractivity contribution >= 4 is 22.6 Å². The SMILES string of the molecule is CCNC(=O)Cn1cc(-c2ccnc3[nH]ccc23)c(-c2ccc(NC(O)NC3=CCCC=C3)cc2)n1. The molecule has 0 aliphatic heterocycles. The van der Waals surface area contributed by atoms with Crippen molar-refractivity contribution in [2.75, 3.05) is 11.9 Å². The number of fused-ring (bicyclic) bond motifs is 1. The van der Waals surface area contributed by atoms with E-state index >= 15 is 0 Å². The monoisotopic (exact) mass is 483 g/mol. The van der Waals surface area contributed by atoms with E-state index in [0.717, 1.165) is 57.6 Å². The van der Waals surface area contributed by atoms with Crippen molar-refractivity contribution < 1.29 is 9.90 Å². The van der Waals surface area contributed by atoms with Crippen LogP contribution in [0.15, 0.2) is 78.9 Å². The molecule has 1 atom stereocenters. The minimum atomic E-state index is -0.921. The largest absolute Gasteiger partial charge is 0.357 e. The van der Waals surface area contributed by atoms with Crippen molar-refractivity contribution in [2.45, 2.75) is 32.7 Å². The molecule has 5 rings (SSSR count). The van der Waals surface area contributed by atoms with E-state index in [-0.39, 0.29) is 12.5 Å². The van der Waals surface area contributed by atoms with Gasteiger partial charge in [-0.2, -0.15) is 5.10 Å². The van der Waals surface area contributed by atoms with E-state index in [9.17, 15) is 9.90 Å². The number of aliphatic hydroxyl groups excluding tert-OH is 1. The molecule has 9 heteroatoms. The number of benzene rings is 1. The molecule has 1 aliphatic carbocycles. The summed E-state index contributed by atoms with van der Waals surface area (Å²) in [5.74, 6) is -0.0939. The maximum absolute atomic E-state index is 12.2. The Hall–Kier alpha value is -4.37. The number of aliphatic hydroxyl groups is 1. The highest BCUT2D eigenvalue weighted by Gasteiger charge is 2.17. The van der Waals surface area contributed by atoms with Gasteiger partial charge in [-0.3, -0.25) is 9.48 Å². The number of amides is 1. The van der Waals surface area contributed by atoms with Crippen LogP contribution in [0.5, 0.6) is 0 Å². The fraction of sp³-hybridized carbons (Fsp3) is 0.222. The molecule has 1 aromatic carbocycles. The molecule has 3 heterocycles. The van der Waals surface area contributed by atoms with Crippen LogP contribution < -0.4 is 16.0 Å². The van der Waals surface area contributed by atoms with E-state index in [1.165, 1.54) is 0 Å². The molecule has 0 fully saturated rings. The van der Waals surface area contributed by atoms with Crippen LogP contribution in [-0.2, 0) is 11.3 Å². The number of nitrogens with one attached hydrogen (secondary N) is 4. The molecule has 0 saturated carbocycles. The quantitative estimate of drug-likeness (QED) is 0.231. The first kappa shape index (κ1) is 23.4. The average molecular weight is 484 g/mol. The summed E-state index contributed by atoms with van der Waals surface area (Å²) in [6, 6.07) is 11.6. The van der Waals surface area contributed by atoms with Gasteiger partial charge in [0.05, 0.1) is 0 Å². The molecule has 3 aromatic heterocycles. The van der Waals surface area contributed by atoms with Gasteiger partial charge in [-0.05, 0) is 55.7 Å². The zero-order valence-corrected chi connectivity index (χ0v) is 20.0. The lowest BCUT2D eigenvalue weighted by Gasteiger charge is -2.19. The number of H-pyrrole nitrogens is 1. The number of nitrogens with zero attached hydrogens (tertiary/aromatic N) is 3. The van der Waals surface area contributed by atoms with Gasteiger partial charge in [-0.1, -0.05) is 24.3 Å². The number of aromatic amines is 1. The van der Waals surface area contributed by atoms with Gasteiger partial charge in [0.2, 0.25) is 12.3 Å². The number of allylic oxidation sites excluding steroid dienone is 3. The first-order valence-electron chi connectivity index (χ1n) is 12.1. The summed E-state index contributed by atoms with van der Waals surface area (Å²) in [5, 5.41) is 25.1. The molecule has 1 unspecified atom stereocenters. The highest BCUT2D eigenvalue weighted by molar-refractivity contribution is 5.97. The number of likely N-dealkylation sites (N-methyl/N-ethyl adjacent to an activating group) is 1. The van der Waals surface area contributed by atoms with E-state index in [1.54, 1.807) is 10.9 Å². The van der Waals surface area contributed by atoms with Crippen LogP contribution in [0.3, 0.4) is 0 Å². The molecule has 0 radical (unpaired) electrons. The number of pyridine rings is 1. The molecule has 1 amide bonds. The molecular weight excluding hydrogens is 454 g/mol. The first-order valence-corrected chi connectivity index (χ1v) is 12.1. The lowest BCUT2D eigenvalue weighted by atomic mass is 10.0. The zero-order chi connectivity index (χ0) is 24.9. The van der Waals surface area contributed by atoms with Crippen molar-refractivity contribution in [3.8, 4) is 22.4 Å². The Morgan fingerprint density at radius 2 is 2.00 bits per heavy atom. The average Bonchev–Trinajstić information content (AvgIpc) is 3.52. The van der Waals surface area contributed by atoms with Crippen molar-refractivity contribution in [3.63, 3.8) is 0 Å². The molecule has 5 N–H and O–H groups in total. The predicted octanol–water partition coefficient (Wildman–Crippen LogP) is 3.74. The fourth-order valence-corrected chi connectivity index (χ4v) is 4.31. The van der Waals surface area contributed by atoms with E-state index in [1.807, 2.05) is 61.8 Å². The third kappa shape index (κ3) is 5.16. The summed E-state index contributed by atoms with van der Waals surface area (Å²) in [4.78, 5) is 19.8. The van der Waals surface area contributed by atoms with Crippen LogP contribution in [0.4, 0.5) is 5.69 Å². The molecule has 1 aliphatic rings. The molecular formula is C27H29N7O2. The second-order valence-electron chi connectivity index (χ2n) is 8.55. The number of carbonyl (C=O) groups excluding carboxylic acids is 1. The third-order valence-electron chi connectivity index (χ3n) is 5.95. The normalized spacial score (nSPS) is 13.9. The van der Waals surface area contributed by atoms with Crippen LogP contribution in [0, 0.1) is 0 Å². The lowest BCUT2D eigenvalue weighted by Crippen LogP contribution is -2.35. The van der Waals surface area contributed by atoms with Gasteiger partial charge in [0.1, 0.15) is 17.9 Å². The number of rotatable bonds is 9. The Morgan fingerprint density at radius 3 is 2.78 bits per heavy atom. The van der Waals surface area contributed by atoms with E-state index in [2.05, 4.69) is 38.1 Å². The Bertz CT molecular complexity index is 1420. The van der Waals surface area contributed by atoms with Gasteiger partial charge >= 0.3 is 0 Å². The van der Waals surface area contributed by atoms with Crippen LogP contribution in [0.25, 0.3) is 33.4 Å². The molecule has 36 heavy (non-hydrogen) atoms. The number of hydrogen-bond donors (Lipinski definition) is 5. The Balaban J connectivity index is 1.42.